The number of hydrogen-bond donors (Lipinski definition) is 2. The molecule has 0 saturated carbocycles. The smallest absolute Gasteiger partial charge is 0.250 e. The summed E-state index contributed by atoms with van der Waals surface area (Å²) in [4.78, 5) is 11.7. The van der Waals surface area contributed by atoms with Gasteiger partial charge in [0.1, 0.15) is 6.10 Å². The molecule has 0 saturated heterocycles. The van der Waals surface area contributed by atoms with Crippen molar-refractivity contribution < 1.29 is 9.53 Å². The van der Waals surface area contributed by atoms with Gasteiger partial charge in [-0.15, -0.1) is 0 Å². The lowest BCUT2D eigenvalue weighted by atomic mass is 10.1. The van der Waals surface area contributed by atoms with E-state index in [2.05, 4.69) is 21.2 Å². The number of halogens is 1. The summed E-state index contributed by atoms with van der Waals surface area (Å²) in [6.07, 6.45) is 0.206. The monoisotopic (exact) mass is 314 g/mol. The zero-order chi connectivity index (χ0) is 13.5. The van der Waals surface area contributed by atoms with Crippen molar-refractivity contribution in [1.82, 2.24) is 5.32 Å². The number of benzene rings is 1. The minimum Gasteiger partial charge on any atom is -0.370 e. The van der Waals surface area contributed by atoms with Crippen molar-refractivity contribution in [2.75, 3.05) is 13.7 Å². The van der Waals surface area contributed by atoms with Crippen LogP contribution in [0.5, 0.6) is 0 Å². The van der Waals surface area contributed by atoms with Crippen LogP contribution in [-0.4, -0.2) is 31.7 Å². The van der Waals surface area contributed by atoms with E-state index in [1.165, 1.54) is 12.7 Å². The molecule has 0 aromatic heterocycles. The van der Waals surface area contributed by atoms with Crippen LogP contribution in [0.15, 0.2) is 28.7 Å². The minimum atomic E-state index is -0.572. The molecule has 1 rings (SSSR count). The number of nitrogens with one attached hydrogen (secondary N) is 1. The fraction of sp³-hybridized carbons (Fsp3) is 0.462. The summed E-state index contributed by atoms with van der Waals surface area (Å²) in [5, 5.41) is 2.89. The van der Waals surface area contributed by atoms with Gasteiger partial charge in [0.15, 0.2) is 0 Å². The van der Waals surface area contributed by atoms with Gasteiger partial charge in [-0.2, -0.15) is 0 Å². The molecule has 3 N–H and O–H groups in total. The molecule has 0 heterocycles. The van der Waals surface area contributed by atoms with Crippen LogP contribution in [0.1, 0.15) is 12.5 Å². The first-order valence-electron chi connectivity index (χ1n) is 5.84. The highest BCUT2D eigenvalue weighted by molar-refractivity contribution is 9.10. The lowest BCUT2D eigenvalue weighted by Gasteiger charge is -2.18. The van der Waals surface area contributed by atoms with Gasteiger partial charge < -0.3 is 15.8 Å². The molecule has 1 amide bonds. The van der Waals surface area contributed by atoms with Crippen molar-refractivity contribution in [1.29, 1.82) is 0 Å². The molecule has 1 aromatic rings. The number of rotatable bonds is 6. The highest BCUT2D eigenvalue weighted by Crippen LogP contribution is 2.11. The Morgan fingerprint density at radius 1 is 1.44 bits per heavy atom. The Bertz CT molecular complexity index is 377. The van der Waals surface area contributed by atoms with E-state index in [0.717, 1.165) is 10.9 Å². The molecule has 0 bridgehead atoms. The summed E-state index contributed by atoms with van der Waals surface area (Å²) in [7, 11) is 1.48. The molecule has 0 fully saturated rings. The van der Waals surface area contributed by atoms with Gasteiger partial charge in [0.05, 0.1) is 0 Å². The highest BCUT2D eigenvalue weighted by atomic mass is 79.9. The number of amides is 1. The van der Waals surface area contributed by atoms with E-state index in [-0.39, 0.29) is 18.5 Å². The first-order valence-corrected chi connectivity index (χ1v) is 6.63. The number of methoxy groups -OCH3 is 1. The maximum absolute atomic E-state index is 11.7. The van der Waals surface area contributed by atoms with E-state index in [0.29, 0.717) is 0 Å². The first-order chi connectivity index (χ1) is 8.56. The molecular weight excluding hydrogens is 296 g/mol. The lowest BCUT2D eigenvalue weighted by Crippen LogP contribution is -2.44. The third-order valence-electron chi connectivity index (χ3n) is 2.63. The molecule has 18 heavy (non-hydrogen) atoms. The molecule has 2 atom stereocenters. The molecular formula is C13H19BrN2O2. The zero-order valence-corrected chi connectivity index (χ0v) is 12.2. The summed E-state index contributed by atoms with van der Waals surface area (Å²) in [6.45, 7) is 2.15. The van der Waals surface area contributed by atoms with Crippen LogP contribution in [0.4, 0.5) is 0 Å². The molecule has 100 valence electrons. The molecule has 0 spiro atoms. The maximum Gasteiger partial charge on any atom is 0.250 e. The van der Waals surface area contributed by atoms with E-state index in [4.69, 9.17) is 10.5 Å². The maximum atomic E-state index is 11.7. The largest absolute Gasteiger partial charge is 0.370 e. The van der Waals surface area contributed by atoms with Crippen LogP contribution in [0, 0.1) is 0 Å². The Morgan fingerprint density at radius 3 is 2.56 bits per heavy atom. The standard InChI is InChI=1S/C13H19BrN2O2/c1-9(16-13(17)12(8-15)18-2)7-10-3-5-11(14)6-4-10/h3-6,9,12H,7-8,15H2,1-2H3,(H,16,17). The third-order valence-corrected chi connectivity index (χ3v) is 3.16. The molecule has 5 heteroatoms. The van der Waals surface area contributed by atoms with Crippen molar-refractivity contribution in [3.63, 3.8) is 0 Å². The lowest BCUT2D eigenvalue weighted by molar-refractivity contribution is -0.131. The number of nitrogens with two attached hydrogens (primary N) is 1. The Balaban J connectivity index is 2.48. The van der Waals surface area contributed by atoms with Crippen LogP contribution in [0.25, 0.3) is 0 Å². The molecule has 0 aliphatic carbocycles. The average molecular weight is 315 g/mol. The predicted molar refractivity (Wildman–Crippen MR) is 75.3 cm³/mol. The summed E-state index contributed by atoms with van der Waals surface area (Å²) in [5.41, 5.74) is 6.61. The Kier molecular flexibility index (Phi) is 6.32. The van der Waals surface area contributed by atoms with Crippen molar-refractivity contribution in [2.45, 2.75) is 25.5 Å². The highest BCUT2D eigenvalue weighted by Gasteiger charge is 2.17. The number of hydrogen-bond acceptors (Lipinski definition) is 3. The predicted octanol–water partition coefficient (Wildman–Crippen LogP) is 1.47. The van der Waals surface area contributed by atoms with E-state index < -0.39 is 6.10 Å². The molecule has 1 aromatic carbocycles. The minimum absolute atomic E-state index is 0.0443. The van der Waals surface area contributed by atoms with Gasteiger partial charge in [0.2, 0.25) is 0 Å². The van der Waals surface area contributed by atoms with E-state index in [1.54, 1.807) is 0 Å². The van der Waals surface area contributed by atoms with Crippen LogP contribution in [-0.2, 0) is 16.0 Å². The number of carbonyl (C=O) groups is 1. The summed E-state index contributed by atoms with van der Waals surface area (Å²) in [6, 6.07) is 8.08. The number of ether oxygens (including phenoxy) is 1. The van der Waals surface area contributed by atoms with Crippen LogP contribution < -0.4 is 11.1 Å². The summed E-state index contributed by atoms with van der Waals surface area (Å²) >= 11 is 3.39. The van der Waals surface area contributed by atoms with Gasteiger partial charge in [-0.1, -0.05) is 28.1 Å². The quantitative estimate of drug-likeness (QED) is 0.835. The van der Waals surface area contributed by atoms with Crippen molar-refractivity contribution in [3.8, 4) is 0 Å². The van der Waals surface area contributed by atoms with E-state index in [9.17, 15) is 4.79 Å². The molecule has 0 radical (unpaired) electrons. The van der Waals surface area contributed by atoms with Crippen molar-refractivity contribution in [2.24, 2.45) is 5.73 Å². The first kappa shape index (κ1) is 15.1. The van der Waals surface area contributed by atoms with Gasteiger partial charge in [0.25, 0.3) is 5.91 Å². The van der Waals surface area contributed by atoms with Gasteiger partial charge in [0, 0.05) is 24.2 Å². The van der Waals surface area contributed by atoms with Gasteiger partial charge in [-0.3, -0.25) is 4.79 Å². The number of carbonyl (C=O) groups excluding carboxylic acids is 1. The molecule has 0 aliphatic rings. The van der Waals surface area contributed by atoms with Crippen LogP contribution in [0.3, 0.4) is 0 Å². The Hall–Kier alpha value is -0.910. The van der Waals surface area contributed by atoms with Crippen molar-refractivity contribution in [3.05, 3.63) is 34.3 Å². The Morgan fingerprint density at radius 2 is 2.06 bits per heavy atom. The molecule has 4 nitrogen and oxygen atoms in total. The van der Waals surface area contributed by atoms with Crippen LogP contribution in [0.2, 0.25) is 0 Å². The molecule has 2 unspecified atom stereocenters. The van der Waals surface area contributed by atoms with Crippen molar-refractivity contribution >= 4 is 21.8 Å². The van der Waals surface area contributed by atoms with Crippen LogP contribution >= 0.6 is 15.9 Å². The normalized spacial score (nSPS) is 14.0. The topological polar surface area (TPSA) is 64.3 Å². The average Bonchev–Trinajstić information content (AvgIpc) is 2.33. The molecule has 0 aliphatic heterocycles. The van der Waals surface area contributed by atoms with E-state index in [1.807, 2.05) is 31.2 Å². The second-order valence-corrected chi connectivity index (χ2v) is 5.12. The van der Waals surface area contributed by atoms with E-state index >= 15 is 0 Å². The second kappa shape index (κ2) is 7.51. The summed E-state index contributed by atoms with van der Waals surface area (Å²) < 4.78 is 6.03. The fourth-order valence-corrected chi connectivity index (χ4v) is 1.94. The van der Waals surface area contributed by atoms with Gasteiger partial charge >= 0.3 is 0 Å². The Labute approximate surface area is 116 Å². The SMILES string of the molecule is COC(CN)C(=O)NC(C)Cc1ccc(Br)cc1. The zero-order valence-electron chi connectivity index (χ0n) is 10.7. The van der Waals surface area contributed by atoms with Gasteiger partial charge in [-0.25, -0.2) is 0 Å². The van der Waals surface area contributed by atoms with Gasteiger partial charge in [-0.05, 0) is 31.0 Å². The third kappa shape index (κ3) is 4.76. The second-order valence-electron chi connectivity index (χ2n) is 4.20. The fourth-order valence-electron chi connectivity index (χ4n) is 1.67. The summed E-state index contributed by atoms with van der Waals surface area (Å²) in [5.74, 6) is -0.162.